The number of methoxy groups -OCH3 is 1. The average molecular weight is 326 g/mol. The van der Waals surface area contributed by atoms with Gasteiger partial charge in [-0.25, -0.2) is 0 Å². The summed E-state index contributed by atoms with van der Waals surface area (Å²) in [7, 11) is 1.63. The maximum Gasteiger partial charge on any atom is 0.253 e. The molecule has 0 spiro atoms. The summed E-state index contributed by atoms with van der Waals surface area (Å²) in [6, 6.07) is 9.15. The smallest absolute Gasteiger partial charge is 0.253 e. The number of aromatic amines is 1. The number of ether oxygens (including phenoxy) is 1. The van der Waals surface area contributed by atoms with Gasteiger partial charge in [0.2, 0.25) is 5.56 Å². The van der Waals surface area contributed by atoms with Crippen molar-refractivity contribution in [3.05, 3.63) is 63.6 Å². The predicted octanol–water partition coefficient (Wildman–Crippen LogP) is 2.71. The number of rotatable bonds is 3. The normalized spacial score (nSPS) is 15.3. The van der Waals surface area contributed by atoms with Crippen molar-refractivity contribution in [2.24, 2.45) is 0 Å². The number of benzene rings is 1. The van der Waals surface area contributed by atoms with E-state index < -0.39 is 0 Å². The molecule has 1 fully saturated rings. The van der Waals surface area contributed by atoms with Crippen molar-refractivity contribution in [2.45, 2.75) is 25.7 Å². The molecule has 0 saturated carbocycles. The van der Waals surface area contributed by atoms with Crippen molar-refractivity contribution in [1.82, 2.24) is 9.88 Å². The fourth-order valence-corrected chi connectivity index (χ4v) is 3.33. The van der Waals surface area contributed by atoms with E-state index in [4.69, 9.17) is 4.74 Å². The van der Waals surface area contributed by atoms with Gasteiger partial charge in [0.15, 0.2) is 0 Å². The summed E-state index contributed by atoms with van der Waals surface area (Å²) in [5.74, 6) is 1.19. The second kappa shape index (κ2) is 6.91. The van der Waals surface area contributed by atoms with Crippen LogP contribution < -0.4 is 10.3 Å². The van der Waals surface area contributed by atoms with Crippen molar-refractivity contribution in [2.75, 3.05) is 20.2 Å². The molecule has 2 aromatic rings. The largest absolute Gasteiger partial charge is 0.496 e. The van der Waals surface area contributed by atoms with E-state index in [9.17, 15) is 9.59 Å². The lowest BCUT2D eigenvalue weighted by molar-refractivity contribution is 0.0713. The standard InChI is InChI=1S/C19H22N2O3/c1-13-11-16(3-4-17(13)24-2)19(23)21-9-6-14(7-10-21)15-5-8-20-18(22)12-15/h3-5,8,11-12,14H,6-7,9-10H2,1-2H3,(H,20,22). The first-order chi connectivity index (χ1) is 11.6. The number of hydrogen-bond donors (Lipinski definition) is 1. The van der Waals surface area contributed by atoms with Gasteiger partial charge in [-0.05, 0) is 61.1 Å². The van der Waals surface area contributed by atoms with Crippen LogP contribution in [0.4, 0.5) is 0 Å². The zero-order valence-corrected chi connectivity index (χ0v) is 14.0. The van der Waals surface area contributed by atoms with Crippen LogP contribution in [0.15, 0.2) is 41.3 Å². The number of amides is 1. The minimum atomic E-state index is -0.0697. The van der Waals surface area contributed by atoms with Gasteiger partial charge in [-0.15, -0.1) is 0 Å². The Labute approximate surface area is 141 Å². The molecule has 0 unspecified atom stereocenters. The first-order valence-corrected chi connectivity index (χ1v) is 8.21. The highest BCUT2D eigenvalue weighted by atomic mass is 16.5. The maximum absolute atomic E-state index is 12.7. The number of nitrogens with zero attached hydrogens (tertiary/aromatic N) is 1. The number of likely N-dealkylation sites (tertiary alicyclic amines) is 1. The first-order valence-electron chi connectivity index (χ1n) is 8.21. The lowest BCUT2D eigenvalue weighted by Crippen LogP contribution is -2.38. The Morgan fingerprint density at radius 3 is 2.58 bits per heavy atom. The van der Waals surface area contributed by atoms with Gasteiger partial charge in [-0.1, -0.05) is 0 Å². The van der Waals surface area contributed by atoms with Crippen molar-refractivity contribution in [1.29, 1.82) is 0 Å². The van der Waals surface area contributed by atoms with E-state index in [1.54, 1.807) is 19.4 Å². The van der Waals surface area contributed by atoms with Gasteiger partial charge >= 0.3 is 0 Å². The van der Waals surface area contributed by atoms with Crippen LogP contribution >= 0.6 is 0 Å². The molecule has 126 valence electrons. The molecule has 0 aliphatic carbocycles. The number of piperidine rings is 1. The quantitative estimate of drug-likeness (QED) is 0.943. The molecule has 1 aliphatic heterocycles. The molecular formula is C19H22N2O3. The van der Waals surface area contributed by atoms with Gasteiger partial charge in [0.25, 0.3) is 5.91 Å². The van der Waals surface area contributed by atoms with Crippen LogP contribution in [0.2, 0.25) is 0 Å². The van der Waals surface area contributed by atoms with Crippen LogP contribution in [-0.2, 0) is 0 Å². The third kappa shape index (κ3) is 3.35. The monoisotopic (exact) mass is 326 g/mol. The van der Waals surface area contributed by atoms with Crippen LogP contribution in [-0.4, -0.2) is 36.0 Å². The Balaban J connectivity index is 1.67. The summed E-state index contributed by atoms with van der Waals surface area (Å²) in [6.45, 7) is 3.36. The fourth-order valence-electron chi connectivity index (χ4n) is 3.33. The number of pyridine rings is 1. The number of carbonyl (C=O) groups is 1. The molecule has 1 aliphatic rings. The molecule has 1 amide bonds. The van der Waals surface area contributed by atoms with Crippen LogP contribution in [0, 0.1) is 6.92 Å². The van der Waals surface area contributed by atoms with E-state index in [-0.39, 0.29) is 11.5 Å². The van der Waals surface area contributed by atoms with Crippen LogP contribution in [0.3, 0.4) is 0 Å². The van der Waals surface area contributed by atoms with Gasteiger partial charge in [-0.2, -0.15) is 0 Å². The zero-order valence-electron chi connectivity index (χ0n) is 14.0. The Morgan fingerprint density at radius 2 is 1.96 bits per heavy atom. The molecule has 0 radical (unpaired) electrons. The summed E-state index contributed by atoms with van der Waals surface area (Å²) >= 11 is 0. The van der Waals surface area contributed by atoms with Gasteiger partial charge in [-0.3, -0.25) is 9.59 Å². The van der Waals surface area contributed by atoms with E-state index in [1.807, 2.05) is 36.1 Å². The van der Waals surface area contributed by atoms with Crippen molar-refractivity contribution in [3.8, 4) is 5.75 Å². The third-order valence-electron chi connectivity index (χ3n) is 4.69. The van der Waals surface area contributed by atoms with Crippen molar-refractivity contribution in [3.63, 3.8) is 0 Å². The molecule has 3 rings (SSSR count). The Kier molecular flexibility index (Phi) is 4.69. The minimum absolute atomic E-state index is 0.0603. The molecule has 1 aromatic heterocycles. The molecule has 5 heteroatoms. The van der Waals surface area contributed by atoms with E-state index in [2.05, 4.69) is 4.98 Å². The molecule has 1 aromatic carbocycles. The number of H-pyrrole nitrogens is 1. The van der Waals surface area contributed by atoms with Gasteiger partial charge in [0.1, 0.15) is 5.75 Å². The molecule has 1 N–H and O–H groups in total. The Morgan fingerprint density at radius 1 is 1.21 bits per heavy atom. The molecule has 0 atom stereocenters. The number of nitrogens with one attached hydrogen (secondary N) is 1. The van der Waals surface area contributed by atoms with Crippen molar-refractivity contribution >= 4 is 5.91 Å². The fraction of sp³-hybridized carbons (Fsp3) is 0.368. The predicted molar refractivity (Wildman–Crippen MR) is 92.7 cm³/mol. The van der Waals surface area contributed by atoms with Gasteiger partial charge in [0, 0.05) is 30.9 Å². The molecule has 0 bridgehead atoms. The summed E-state index contributed by atoms with van der Waals surface area (Å²) in [6.07, 6.45) is 3.45. The maximum atomic E-state index is 12.7. The number of aryl methyl sites for hydroxylation is 1. The third-order valence-corrected chi connectivity index (χ3v) is 4.69. The summed E-state index contributed by atoms with van der Waals surface area (Å²) in [4.78, 5) is 28.7. The highest BCUT2D eigenvalue weighted by Gasteiger charge is 2.25. The summed E-state index contributed by atoms with van der Waals surface area (Å²) < 4.78 is 5.24. The topological polar surface area (TPSA) is 62.4 Å². The second-order valence-corrected chi connectivity index (χ2v) is 6.24. The summed E-state index contributed by atoms with van der Waals surface area (Å²) in [5, 5.41) is 0. The highest BCUT2D eigenvalue weighted by Crippen LogP contribution is 2.28. The molecule has 5 nitrogen and oxygen atoms in total. The van der Waals surface area contributed by atoms with E-state index >= 15 is 0 Å². The lowest BCUT2D eigenvalue weighted by Gasteiger charge is -2.32. The van der Waals surface area contributed by atoms with Crippen LogP contribution in [0.25, 0.3) is 0 Å². The second-order valence-electron chi connectivity index (χ2n) is 6.24. The molecular weight excluding hydrogens is 304 g/mol. The van der Waals surface area contributed by atoms with Gasteiger partial charge < -0.3 is 14.6 Å². The lowest BCUT2D eigenvalue weighted by atomic mass is 9.90. The number of hydrogen-bond acceptors (Lipinski definition) is 3. The molecule has 24 heavy (non-hydrogen) atoms. The minimum Gasteiger partial charge on any atom is -0.496 e. The van der Waals surface area contributed by atoms with Gasteiger partial charge in [0.05, 0.1) is 7.11 Å². The molecule has 2 heterocycles. The first kappa shape index (κ1) is 16.3. The van der Waals surface area contributed by atoms with Crippen molar-refractivity contribution < 1.29 is 9.53 Å². The van der Waals surface area contributed by atoms with E-state index in [1.165, 1.54) is 0 Å². The average Bonchev–Trinajstić information content (AvgIpc) is 2.61. The van der Waals surface area contributed by atoms with Crippen LogP contribution in [0.1, 0.15) is 40.2 Å². The Hall–Kier alpha value is -2.56. The highest BCUT2D eigenvalue weighted by molar-refractivity contribution is 5.94. The number of carbonyl (C=O) groups excluding carboxylic acids is 1. The SMILES string of the molecule is COc1ccc(C(=O)N2CCC(c3cc[nH]c(=O)c3)CC2)cc1C. The number of aromatic nitrogens is 1. The zero-order chi connectivity index (χ0) is 17.1. The molecule has 1 saturated heterocycles. The Bertz CT molecular complexity index is 789. The summed E-state index contributed by atoms with van der Waals surface area (Å²) in [5.41, 5.74) is 2.65. The van der Waals surface area contributed by atoms with E-state index in [0.717, 1.165) is 29.7 Å². The van der Waals surface area contributed by atoms with E-state index in [0.29, 0.717) is 24.6 Å². The van der Waals surface area contributed by atoms with Crippen LogP contribution in [0.5, 0.6) is 5.75 Å².